The number of ether oxygens (including phenoxy) is 2. The standard InChI is InChI=1S/C24H21N3O3/c1-29-21-9-5-8-18(14-21)22-15-23(27-26-22)24(28)25-19-10-12-20(13-11-19)30-16-17-6-3-2-4-7-17/h2-15H,16H2,1H3,(H,25,28)(H,26,27). The zero-order chi connectivity index (χ0) is 20.8. The third-order valence-electron chi connectivity index (χ3n) is 4.55. The van der Waals surface area contributed by atoms with Crippen LogP contribution in [0.25, 0.3) is 11.3 Å². The van der Waals surface area contributed by atoms with Crippen LogP contribution in [0, 0.1) is 0 Å². The van der Waals surface area contributed by atoms with E-state index in [0.717, 1.165) is 22.6 Å². The van der Waals surface area contributed by atoms with Crippen LogP contribution in [-0.4, -0.2) is 23.2 Å². The quantitative estimate of drug-likeness (QED) is 0.463. The molecule has 0 saturated carbocycles. The molecule has 0 aliphatic carbocycles. The Balaban J connectivity index is 1.37. The van der Waals surface area contributed by atoms with Crippen molar-refractivity contribution < 1.29 is 14.3 Å². The summed E-state index contributed by atoms with van der Waals surface area (Å²) in [6.07, 6.45) is 0. The molecule has 1 heterocycles. The number of carbonyl (C=O) groups excluding carboxylic acids is 1. The van der Waals surface area contributed by atoms with E-state index >= 15 is 0 Å². The predicted molar refractivity (Wildman–Crippen MR) is 116 cm³/mol. The van der Waals surface area contributed by atoms with Crippen molar-refractivity contribution in [3.8, 4) is 22.8 Å². The lowest BCUT2D eigenvalue weighted by atomic mass is 10.1. The summed E-state index contributed by atoms with van der Waals surface area (Å²) in [5, 5.41) is 9.87. The van der Waals surface area contributed by atoms with E-state index in [9.17, 15) is 4.79 Å². The molecule has 0 aliphatic heterocycles. The van der Waals surface area contributed by atoms with Crippen LogP contribution < -0.4 is 14.8 Å². The summed E-state index contributed by atoms with van der Waals surface area (Å²) < 4.78 is 11.0. The smallest absolute Gasteiger partial charge is 0.273 e. The minimum atomic E-state index is -0.269. The van der Waals surface area contributed by atoms with Crippen LogP contribution in [0.2, 0.25) is 0 Å². The van der Waals surface area contributed by atoms with Gasteiger partial charge >= 0.3 is 0 Å². The van der Waals surface area contributed by atoms with Crippen molar-refractivity contribution in [3.05, 3.63) is 96.2 Å². The average molecular weight is 399 g/mol. The van der Waals surface area contributed by atoms with Crippen molar-refractivity contribution in [2.24, 2.45) is 0 Å². The highest BCUT2D eigenvalue weighted by Crippen LogP contribution is 2.23. The van der Waals surface area contributed by atoms with E-state index < -0.39 is 0 Å². The fraction of sp³-hybridized carbons (Fsp3) is 0.0833. The van der Waals surface area contributed by atoms with Crippen LogP contribution in [0.4, 0.5) is 5.69 Å². The van der Waals surface area contributed by atoms with Crippen molar-refractivity contribution in [1.82, 2.24) is 10.2 Å². The molecule has 0 spiro atoms. The van der Waals surface area contributed by atoms with Gasteiger partial charge in [0.2, 0.25) is 0 Å². The first kappa shape index (κ1) is 19.3. The van der Waals surface area contributed by atoms with E-state index in [-0.39, 0.29) is 5.91 Å². The molecule has 4 aromatic rings. The number of hydrogen-bond acceptors (Lipinski definition) is 4. The number of H-pyrrole nitrogens is 1. The van der Waals surface area contributed by atoms with Gasteiger partial charge < -0.3 is 14.8 Å². The molecule has 30 heavy (non-hydrogen) atoms. The molecule has 0 bridgehead atoms. The Morgan fingerprint density at radius 2 is 1.73 bits per heavy atom. The number of nitrogens with one attached hydrogen (secondary N) is 2. The van der Waals surface area contributed by atoms with Crippen molar-refractivity contribution >= 4 is 11.6 Å². The molecule has 4 rings (SSSR count). The molecule has 0 atom stereocenters. The van der Waals surface area contributed by atoms with Crippen LogP contribution >= 0.6 is 0 Å². The van der Waals surface area contributed by atoms with E-state index in [4.69, 9.17) is 9.47 Å². The normalized spacial score (nSPS) is 10.4. The molecule has 2 N–H and O–H groups in total. The summed E-state index contributed by atoms with van der Waals surface area (Å²) in [6.45, 7) is 0.494. The number of nitrogens with zero attached hydrogens (tertiary/aromatic N) is 1. The Labute approximate surface area is 174 Å². The zero-order valence-electron chi connectivity index (χ0n) is 16.5. The Morgan fingerprint density at radius 1 is 0.933 bits per heavy atom. The van der Waals surface area contributed by atoms with E-state index in [2.05, 4.69) is 15.5 Å². The highest BCUT2D eigenvalue weighted by Gasteiger charge is 2.12. The van der Waals surface area contributed by atoms with Gasteiger partial charge in [-0.1, -0.05) is 42.5 Å². The third-order valence-corrected chi connectivity index (χ3v) is 4.55. The van der Waals surface area contributed by atoms with Crippen molar-refractivity contribution in [3.63, 3.8) is 0 Å². The molecule has 3 aromatic carbocycles. The summed E-state index contributed by atoms with van der Waals surface area (Å²) in [5.74, 6) is 1.20. The molecular formula is C24H21N3O3. The summed E-state index contributed by atoms with van der Waals surface area (Å²) in [6, 6.07) is 26.4. The first-order valence-electron chi connectivity index (χ1n) is 9.49. The van der Waals surface area contributed by atoms with Gasteiger partial charge in [0.1, 0.15) is 23.8 Å². The maximum Gasteiger partial charge on any atom is 0.273 e. The fourth-order valence-corrected chi connectivity index (χ4v) is 2.94. The van der Waals surface area contributed by atoms with E-state index in [1.165, 1.54) is 0 Å². The van der Waals surface area contributed by atoms with E-state index in [1.807, 2.05) is 66.7 Å². The van der Waals surface area contributed by atoms with Crippen molar-refractivity contribution in [2.75, 3.05) is 12.4 Å². The van der Waals surface area contributed by atoms with Gasteiger partial charge in [-0.25, -0.2) is 0 Å². The fourth-order valence-electron chi connectivity index (χ4n) is 2.94. The number of aromatic nitrogens is 2. The molecular weight excluding hydrogens is 378 g/mol. The summed E-state index contributed by atoms with van der Waals surface area (Å²) in [4.78, 5) is 12.5. The largest absolute Gasteiger partial charge is 0.497 e. The lowest BCUT2D eigenvalue weighted by molar-refractivity contribution is 0.102. The minimum Gasteiger partial charge on any atom is -0.497 e. The highest BCUT2D eigenvalue weighted by molar-refractivity contribution is 6.03. The molecule has 6 nitrogen and oxygen atoms in total. The van der Waals surface area contributed by atoms with Gasteiger partial charge in [-0.3, -0.25) is 9.89 Å². The number of anilines is 1. The number of hydrogen-bond donors (Lipinski definition) is 2. The molecule has 0 radical (unpaired) electrons. The zero-order valence-corrected chi connectivity index (χ0v) is 16.5. The van der Waals surface area contributed by atoms with Gasteiger partial charge in [0, 0.05) is 11.3 Å². The molecule has 150 valence electrons. The Hall–Kier alpha value is -4.06. The van der Waals surface area contributed by atoms with E-state index in [1.54, 1.807) is 25.3 Å². The monoisotopic (exact) mass is 399 g/mol. The van der Waals surface area contributed by atoms with Crippen LogP contribution in [0.1, 0.15) is 16.1 Å². The predicted octanol–water partition coefficient (Wildman–Crippen LogP) is 4.92. The van der Waals surface area contributed by atoms with Crippen molar-refractivity contribution in [2.45, 2.75) is 6.61 Å². The first-order chi connectivity index (χ1) is 14.7. The second kappa shape index (κ2) is 8.96. The number of rotatable bonds is 7. The number of carbonyl (C=O) groups is 1. The lowest BCUT2D eigenvalue weighted by Crippen LogP contribution is -2.12. The highest BCUT2D eigenvalue weighted by atomic mass is 16.5. The number of methoxy groups -OCH3 is 1. The Morgan fingerprint density at radius 3 is 2.50 bits per heavy atom. The summed E-state index contributed by atoms with van der Waals surface area (Å²) >= 11 is 0. The lowest BCUT2D eigenvalue weighted by Gasteiger charge is -2.08. The number of benzene rings is 3. The number of aromatic amines is 1. The molecule has 6 heteroatoms. The third kappa shape index (κ3) is 4.67. The maximum atomic E-state index is 12.5. The number of amides is 1. The van der Waals surface area contributed by atoms with Gasteiger partial charge in [-0.2, -0.15) is 5.10 Å². The maximum absolute atomic E-state index is 12.5. The minimum absolute atomic E-state index is 0.269. The molecule has 0 aliphatic rings. The SMILES string of the molecule is COc1cccc(-c2cc(C(=O)Nc3ccc(OCc4ccccc4)cc3)[nH]n2)c1. The Kier molecular flexibility index (Phi) is 5.75. The second-order valence-corrected chi connectivity index (χ2v) is 6.65. The van der Waals surface area contributed by atoms with Crippen LogP contribution in [-0.2, 0) is 6.61 Å². The van der Waals surface area contributed by atoms with Gasteiger partial charge in [0.25, 0.3) is 5.91 Å². The molecule has 1 amide bonds. The van der Waals surface area contributed by atoms with Crippen LogP contribution in [0.3, 0.4) is 0 Å². The van der Waals surface area contributed by atoms with E-state index in [0.29, 0.717) is 23.7 Å². The van der Waals surface area contributed by atoms with Crippen LogP contribution in [0.5, 0.6) is 11.5 Å². The molecule has 0 unspecified atom stereocenters. The van der Waals surface area contributed by atoms with Crippen molar-refractivity contribution in [1.29, 1.82) is 0 Å². The topological polar surface area (TPSA) is 76.2 Å². The summed E-state index contributed by atoms with van der Waals surface area (Å²) in [7, 11) is 1.61. The van der Waals surface area contributed by atoms with Crippen LogP contribution in [0.15, 0.2) is 84.9 Å². The average Bonchev–Trinajstić information content (AvgIpc) is 3.30. The van der Waals surface area contributed by atoms with Gasteiger partial charge in [0.15, 0.2) is 0 Å². The van der Waals surface area contributed by atoms with Gasteiger partial charge in [-0.05, 0) is 48.0 Å². The van der Waals surface area contributed by atoms with Gasteiger partial charge in [-0.15, -0.1) is 0 Å². The molecule has 0 saturated heterocycles. The summed E-state index contributed by atoms with van der Waals surface area (Å²) in [5.41, 5.74) is 3.68. The van der Waals surface area contributed by atoms with Gasteiger partial charge in [0.05, 0.1) is 12.8 Å². The second-order valence-electron chi connectivity index (χ2n) is 6.65. The molecule has 0 fully saturated rings. The molecule has 1 aromatic heterocycles. The Bertz CT molecular complexity index is 1120. The first-order valence-corrected chi connectivity index (χ1v) is 9.49.